The molecule has 0 aliphatic rings. The van der Waals surface area contributed by atoms with E-state index in [1.54, 1.807) is 31.2 Å². The van der Waals surface area contributed by atoms with Gasteiger partial charge in [0, 0.05) is 5.69 Å². The monoisotopic (exact) mass is 390 g/mol. The van der Waals surface area contributed by atoms with Crippen LogP contribution in [0.1, 0.15) is 32.3 Å². The maximum absolute atomic E-state index is 12.7. The summed E-state index contributed by atoms with van der Waals surface area (Å²) in [7, 11) is -2.13. The normalized spacial score (nSPS) is 12.5. The molecule has 0 saturated heterocycles. The van der Waals surface area contributed by atoms with Crippen LogP contribution in [0.4, 0.5) is 11.4 Å². The molecule has 27 heavy (non-hydrogen) atoms. The third-order valence-electron chi connectivity index (χ3n) is 4.26. The molecule has 2 aromatic carbocycles. The van der Waals surface area contributed by atoms with E-state index in [2.05, 4.69) is 19.2 Å². The standard InChI is InChI=1S/C20H26N2O4S/c1-14(2)16-6-8-17(9-7-16)21-20(23)15(3)22(27(5,24)25)18-10-12-19(26-4)13-11-18/h6-15H,1-5H3,(H,21,23)/t15-/m1/s1. The fraction of sp³-hybridized carbons (Fsp3) is 0.350. The molecule has 0 saturated carbocycles. The summed E-state index contributed by atoms with van der Waals surface area (Å²) in [6.07, 6.45) is 1.08. The highest BCUT2D eigenvalue weighted by Gasteiger charge is 2.29. The van der Waals surface area contributed by atoms with Gasteiger partial charge < -0.3 is 10.1 Å². The van der Waals surface area contributed by atoms with Crippen molar-refractivity contribution < 1.29 is 17.9 Å². The van der Waals surface area contributed by atoms with Crippen molar-refractivity contribution in [1.82, 2.24) is 0 Å². The van der Waals surface area contributed by atoms with Crippen LogP contribution in [0.2, 0.25) is 0 Å². The number of nitrogens with zero attached hydrogens (tertiary/aromatic N) is 1. The second kappa shape index (κ2) is 8.43. The van der Waals surface area contributed by atoms with Crippen molar-refractivity contribution in [2.24, 2.45) is 0 Å². The van der Waals surface area contributed by atoms with Crippen molar-refractivity contribution in [3.8, 4) is 5.75 Å². The van der Waals surface area contributed by atoms with Gasteiger partial charge in [0.15, 0.2) is 0 Å². The lowest BCUT2D eigenvalue weighted by atomic mass is 10.0. The van der Waals surface area contributed by atoms with E-state index in [0.29, 0.717) is 23.0 Å². The number of hydrogen-bond donors (Lipinski definition) is 1. The van der Waals surface area contributed by atoms with E-state index in [1.165, 1.54) is 7.11 Å². The van der Waals surface area contributed by atoms with Crippen LogP contribution >= 0.6 is 0 Å². The Morgan fingerprint density at radius 2 is 1.56 bits per heavy atom. The Morgan fingerprint density at radius 1 is 1.00 bits per heavy atom. The van der Waals surface area contributed by atoms with Crippen LogP contribution in [-0.4, -0.2) is 33.7 Å². The minimum absolute atomic E-state index is 0.393. The van der Waals surface area contributed by atoms with E-state index in [9.17, 15) is 13.2 Å². The molecule has 6 nitrogen and oxygen atoms in total. The van der Waals surface area contributed by atoms with Gasteiger partial charge >= 0.3 is 0 Å². The van der Waals surface area contributed by atoms with Crippen LogP contribution in [-0.2, 0) is 14.8 Å². The lowest BCUT2D eigenvalue weighted by Crippen LogP contribution is -2.45. The van der Waals surface area contributed by atoms with Gasteiger partial charge in [0.25, 0.3) is 0 Å². The summed E-state index contributed by atoms with van der Waals surface area (Å²) in [4.78, 5) is 12.7. The molecule has 7 heteroatoms. The van der Waals surface area contributed by atoms with Crippen LogP contribution in [0.25, 0.3) is 0 Å². The fourth-order valence-corrected chi connectivity index (χ4v) is 3.91. The zero-order valence-electron chi connectivity index (χ0n) is 16.3. The van der Waals surface area contributed by atoms with E-state index in [-0.39, 0.29) is 0 Å². The molecule has 0 aliphatic heterocycles. The first-order valence-corrected chi connectivity index (χ1v) is 10.5. The van der Waals surface area contributed by atoms with Crippen LogP contribution in [0.3, 0.4) is 0 Å². The zero-order valence-corrected chi connectivity index (χ0v) is 17.1. The van der Waals surface area contributed by atoms with Crippen molar-refractivity contribution in [1.29, 1.82) is 0 Å². The maximum atomic E-state index is 12.7. The first-order valence-electron chi connectivity index (χ1n) is 8.67. The number of ether oxygens (including phenoxy) is 1. The van der Waals surface area contributed by atoms with Crippen molar-refractivity contribution in [2.45, 2.75) is 32.7 Å². The molecule has 146 valence electrons. The van der Waals surface area contributed by atoms with Gasteiger partial charge in [-0.3, -0.25) is 9.10 Å². The summed E-state index contributed by atoms with van der Waals surface area (Å²) >= 11 is 0. The molecular formula is C20H26N2O4S. The van der Waals surface area contributed by atoms with E-state index in [1.807, 2.05) is 24.3 Å². The third kappa shape index (κ3) is 5.23. The minimum atomic E-state index is -3.66. The number of methoxy groups -OCH3 is 1. The molecule has 0 bridgehead atoms. The van der Waals surface area contributed by atoms with Gasteiger partial charge in [-0.1, -0.05) is 26.0 Å². The van der Waals surface area contributed by atoms with Gasteiger partial charge in [0.2, 0.25) is 15.9 Å². The van der Waals surface area contributed by atoms with Gasteiger partial charge in [-0.2, -0.15) is 0 Å². The highest BCUT2D eigenvalue weighted by molar-refractivity contribution is 7.92. The Labute approximate surface area is 161 Å². The number of carbonyl (C=O) groups is 1. The molecule has 0 aliphatic carbocycles. The molecule has 0 spiro atoms. The molecule has 2 aromatic rings. The third-order valence-corrected chi connectivity index (χ3v) is 5.50. The van der Waals surface area contributed by atoms with Gasteiger partial charge in [-0.25, -0.2) is 8.42 Å². The van der Waals surface area contributed by atoms with Crippen molar-refractivity contribution >= 4 is 27.3 Å². The molecule has 0 unspecified atom stereocenters. The zero-order chi connectivity index (χ0) is 20.2. The first kappa shape index (κ1) is 20.8. The number of amides is 1. The van der Waals surface area contributed by atoms with E-state index in [0.717, 1.165) is 16.1 Å². The predicted molar refractivity (Wildman–Crippen MR) is 109 cm³/mol. The van der Waals surface area contributed by atoms with E-state index in [4.69, 9.17) is 4.74 Å². The fourth-order valence-electron chi connectivity index (χ4n) is 2.74. The van der Waals surface area contributed by atoms with E-state index < -0.39 is 22.0 Å². The average molecular weight is 391 g/mol. The lowest BCUT2D eigenvalue weighted by molar-refractivity contribution is -0.116. The Morgan fingerprint density at radius 3 is 2.00 bits per heavy atom. The number of anilines is 2. The molecule has 0 radical (unpaired) electrons. The number of nitrogens with one attached hydrogen (secondary N) is 1. The van der Waals surface area contributed by atoms with Crippen molar-refractivity contribution in [2.75, 3.05) is 23.0 Å². The highest BCUT2D eigenvalue weighted by Crippen LogP contribution is 2.24. The molecule has 0 aromatic heterocycles. The predicted octanol–water partition coefficient (Wildman–Crippen LogP) is 3.61. The largest absolute Gasteiger partial charge is 0.497 e. The quantitative estimate of drug-likeness (QED) is 0.784. The summed E-state index contributed by atoms with van der Waals surface area (Å²) in [5.74, 6) is 0.590. The topological polar surface area (TPSA) is 75.7 Å². The highest BCUT2D eigenvalue weighted by atomic mass is 32.2. The molecule has 0 fully saturated rings. The van der Waals surface area contributed by atoms with Crippen LogP contribution in [0, 0.1) is 0 Å². The molecule has 1 amide bonds. The first-order chi connectivity index (χ1) is 12.6. The van der Waals surface area contributed by atoms with Crippen LogP contribution < -0.4 is 14.4 Å². The van der Waals surface area contributed by atoms with Crippen LogP contribution in [0.15, 0.2) is 48.5 Å². The second-order valence-electron chi connectivity index (χ2n) is 6.70. The SMILES string of the molecule is COc1ccc(N([C@H](C)C(=O)Nc2ccc(C(C)C)cc2)S(C)(=O)=O)cc1. The summed E-state index contributed by atoms with van der Waals surface area (Å²) in [6, 6.07) is 13.1. The van der Waals surface area contributed by atoms with Gasteiger partial charge in [-0.05, 0) is 54.8 Å². The summed E-state index contributed by atoms with van der Waals surface area (Å²) < 4.78 is 30.8. The molecule has 1 N–H and O–H groups in total. The second-order valence-corrected chi connectivity index (χ2v) is 8.56. The molecule has 0 heterocycles. The van der Waals surface area contributed by atoms with E-state index >= 15 is 0 Å². The number of carbonyl (C=O) groups excluding carboxylic acids is 1. The number of benzene rings is 2. The van der Waals surface area contributed by atoms with Crippen LogP contribution in [0.5, 0.6) is 5.75 Å². The molecular weight excluding hydrogens is 364 g/mol. The Kier molecular flexibility index (Phi) is 6.49. The Bertz CT molecular complexity index is 875. The minimum Gasteiger partial charge on any atom is -0.497 e. The summed E-state index contributed by atoms with van der Waals surface area (Å²) in [5, 5.41) is 2.78. The van der Waals surface area contributed by atoms with Crippen molar-refractivity contribution in [3.63, 3.8) is 0 Å². The number of hydrogen-bond acceptors (Lipinski definition) is 4. The molecule has 2 rings (SSSR count). The Hall–Kier alpha value is -2.54. The van der Waals surface area contributed by atoms with Crippen molar-refractivity contribution in [3.05, 3.63) is 54.1 Å². The van der Waals surface area contributed by atoms with Gasteiger partial charge in [0.05, 0.1) is 19.1 Å². The van der Waals surface area contributed by atoms with Gasteiger partial charge in [-0.15, -0.1) is 0 Å². The Balaban J connectivity index is 2.23. The molecule has 1 atom stereocenters. The average Bonchev–Trinajstić information content (AvgIpc) is 2.61. The maximum Gasteiger partial charge on any atom is 0.247 e. The number of sulfonamides is 1. The number of rotatable bonds is 7. The summed E-state index contributed by atoms with van der Waals surface area (Å²) in [6.45, 7) is 5.74. The summed E-state index contributed by atoms with van der Waals surface area (Å²) in [5.41, 5.74) is 2.19. The van der Waals surface area contributed by atoms with Gasteiger partial charge in [0.1, 0.15) is 11.8 Å². The lowest BCUT2D eigenvalue weighted by Gasteiger charge is -2.28. The smallest absolute Gasteiger partial charge is 0.247 e.